The van der Waals surface area contributed by atoms with E-state index in [0.717, 1.165) is 38.0 Å². The Balaban J connectivity index is 1.86. The van der Waals surface area contributed by atoms with Gasteiger partial charge in [0.25, 0.3) is 0 Å². The summed E-state index contributed by atoms with van der Waals surface area (Å²) in [6.45, 7) is 6.49. The first-order valence-corrected chi connectivity index (χ1v) is 7.98. The number of ether oxygens (including phenoxy) is 2. The SMILES string of the molecule is CCNC(C)c1ccc(F)cc1OCCCC1CCCO1. The minimum atomic E-state index is -0.253. The van der Waals surface area contributed by atoms with Gasteiger partial charge < -0.3 is 14.8 Å². The Morgan fingerprint density at radius 1 is 1.48 bits per heavy atom. The number of hydrogen-bond acceptors (Lipinski definition) is 3. The van der Waals surface area contributed by atoms with Gasteiger partial charge in [-0.3, -0.25) is 0 Å². The maximum atomic E-state index is 13.4. The molecule has 1 aliphatic heterocycles. The molecule has 1 heterocycles. The lowest BCUT2D eigenvalue weighted by atomic mass is 10.1. The second-order valence-electron chi connectivity index (χ2n) is 5.59. The van der Waals surface area contributed by atoms with E-state index in [9.17, 15) is 4.39 Å². The molecule has 2 atom stereocenters. The Morgan fingerprint density at radius 3 is 3.05 bits per heavy atom. The maximum Gasteiger partial charge on any atom is 0.126 e. The summed E-state index contributed by atoms with van der Waals surface area (Å²) in [5.41, 5.74) is 1.01. The van der Waals surface area contributed by atoms with Crippen molar-refractivity contribution in [3.8, 4) is 5.75 Å². The van der Waals surface area contributed by atoms with Crippen LogP contribution in [-0.2, 0) is 4.74 Å². The topological polar surface area (TPSA) is 30.5 Å². The number of halogens is 1. The van der Waals surface area contributed by atoms with E-state index >= 15 is 0 Å². The molecule has 0 spiro atoms. The highest BCUT2D eigenvalue weighted by Gasteiger charge is 2.15. The molecule has 0 aliphatic carbocycles. The summed E-state index contributed by atoms with van der Waals surface area (Å²) in [6.07, 6.45) is 4.67. The Bertz CT molecular complexity index is 433. The van der Waals surface area contributed by atoms with Crippen molar-refractivity contribution in [2.75, 3.05) is 19.8 Å². The average Bonchev–Trinajstić information content (AvgIpc) is 2.97. The quantitative estimate of drug-likeness (QED) is 0.739. The van der Waals surface area contributed by atoms with E-state index in [1.54, 1.807) is 6.07 Å². The van der Waals surface area contributed by atoms with Gasteiger partial charge in [0, 0.05) is 24.3 Å². The predicted octanol–water partition coefficient (Wildman–Crippen LogP) is 3.83. The van der Waals surface area contributed by atoms with Gasteiger partial charge in [-0.25, -0.2) is 4.39 Å². The van der Waals surface area contributed by atoms with Gasteiger partial charge >= 0.3 is 0 Å². The summed E-state index contributed by atoms with van der Waals surface area (Å²) in [6, 6.07) is 4.93. The van der Waals surface area contributed by atoms with E-state index in [2.05, 4.69) is 19.2 Å². The molecule has 1 aromatic rings. The predicted molar refractivity (Wildman–Crippen MR) is 82.2 cm³/mol. The summed E-state index contributed by atoms with van der Waals surface area (Å²) in [4.78, 5) is 0. The molecule has 0 radical (unpaired) electrons. The number of nitrogens with one attached hydrogen (secondary N) is 1. The molecule has 0 saturated carbocycles. The molecule has 1 aliphatic rings. The first-order valence-electron chi connectivity index (χ1n) is 7.98. The molecule has 0 aromatic heterocycles. The van der Waals surface area contributed by atoms with Crippen LogP contribution in [0.3, 0.4) is 0 Å². The highest BCUT2D eigenvalue weighted by Crippen LogP contribution is 2.26. The van der Waals surface area contributed by atoms with E-state index < -0.39 is 0 Å². The molecule has 0 amide bonds. The minimum Gasteiger partial charge on any atom is -0.493 e. The first-order chi connectivity index (χ1) is 10.2. The molecule has 4 heteroatoms. The fraction of sp³-hybridized carbons (Fsp3) is 0.647. The molecule has 1 N–H and O–H groups in total. The average molecular weight is 295 g/mol. The Labute approximate surface area is 126 Å². The lowest BCUT2D eigenvalue weighted by Gasteiger charge is -2.18. The third-order valence-electron chi connectivity index (χ3n) is 3.90. The first kappa shape index (κ1) is 16.2. The molecule has 1 aromatic carbocycles. The second-order valence-corrected chi connectivity index (χ2v) is 5.59. The van der Waals surface area contributed by atoms with Crippen LogP contribution in [0.4, 0.5) is 4.39 Å². The van der Waals surface area contributed by atoms with E-state index in [1.807, 2.05) is 0 Å². The van der Waals surface area contributed by atoms with E-state index in [0.29, 0.717) is 18.5 Å². The van der Waals surface area contributed by atoms with E-state index in [-0.39, 0.29) is 11.9 Å². The van der Waals surface area contributed by atoms with Gasteiger partial charge in [-0.15, -0.1) is 0 Å². The number of hydrogen-bond donors (Lipinski definition) is 1. The van der Waals surface area contributed by atoms with Crippen LogP contribution in [0.25, 0.3) is 0 Å². The fourth-order valence-electron chi connectivity index (χ4n) is 2.77. The van der Waals surface area contributed by atoms with Crippen molar-refractivity contribution in [3.63, 3.8) is 0 Å². The van der Waals surface area contributed by atoms with Crippen LogP contribution in [0, 0.1) is 5.82 Å². The molecule has 21 heavy (non-hydrogen) atoms. The van der Waals surface area contributed by atoms with E-state index in [1.165, 1.54) is 18.6 Å². The van der Waals surface area contributed by atoms with Crippen molar-refractivity contribution in [2.24, 2.45) is 0 Å². The highest BCUT2D eigenvalue weighted by molar-refractivity contribution is 5.36. The highest BCUT2D eigenvalue weighted by atomic mass is 19.1. The standard InChI is InChI=1S/C17H26FNO2/c1-3-19-13(2)16-9-8-14(18)12-17(16)21-11-5-7-15-6-4-10-20-15/h8-9,12-13,15,19H,3-7,10-11H2,1-2H3. The van der Waals surface area contributed by atoms with Crippen molar-refractivity contribution in [2.45, 2.75) is 51.7 Å². The summed E-state index contributed by atoms with van der Waals surface area (Å²) in [5.74, 6) is 0.396. The van der Waals surface area contributed by atoms with Crippen LogP contribution in [-0.4, -0.2) is 25.9 Å². The normalized spacial score (nSPS) is 19.7. The van der Waals surface area contributed by atoms with E-state index in [4.69, 9.17) is 9.47 Å². The molecule has 2 rings (SSSR count). The molecule has 1 fully saturated rings. The zero-order chi connectivity index (χ0) is 15.1. The Morgan fingerprint density at radius 2 is 2.33 bits per heavy atom. The summed E-state index contributed by atoms with van der Waals surface area (Å²) < 4.78 is 24.8. The third-order valence-corrected chi connectivity index (χ3v) is 3.90. The smallest absolute Gasteiger partial charge is 0.126 e. The van der Waals surface area contributed by atoms with Crippen LogP contribution < -0.4 is 10.1 Å². The minimum absolute atomic E-state index is 0.156. The van der Waals surface area contributed by atoms with Gasteiger partial charge in [0.05, 0.1) is 12.7 Å². The second kappa shape index (κ2) is 8.35. The van der Waals surface area contributed by atoms with Crippen LogP contribution in [0.5, 0.6) is 5.75 Å². The Kier molecular flexibility index (Phi) is 6.46. The van der Waals surface area contributed by atoms with Crippen molar-refractivity contribution >= 4 is 0 Å². The number of benzene rings is 1. The third kappa shape index (κ3) is 4.97. The zero-order valence-corrected chi connectivity index (χ0v) is 13.0. The lowest BCUT2D eigenvalue weighted by molar-refractivity contribution is 0.0980. The molecular weight excluding hydrogens is 269 g/mol. The van der Waals surface area contributed by atoms with Crippen molar-refractivity contribution in [1.82, 2.24) is 5.32 Å². The summed E-state index contributed by atoms with van der Waals surface area (Å²) >= 11 is 0. The van der Waals surface area contributed by atoms with Gasteiger partial charge in [0.15, 0.2) is 0 Å². The summed E-state index contributed by atoms with van der Waals surface area (Å²) in [5, 5.41) is 3.33. The molecule has 118 valence electrons. The van der Waals surface area contributed by atoms with Crippen molar-refractivity contribution in [3.05, 3.63) is 29.6 Å². The monoisotopic (exact) mass is 295 g/mol. The molecular formula is C17H26FNO2. The van der Waals surface area contributed by atoms with Crippen LogP contribution >= 0.6 is 0 Å². The summed E-state index contributed by atoms with van der Waals surface area (Å²) in [7, 11) is 0. The fourth-order valence-corrected chi connectivity index (χ4v) is 2.77. The largest absolute Gasteiger partial charge is 0.493 e. The zero-order valence-electron chi connectivity index (χ0n) is 13.0. The maximum absolute atomic E-state index is 13.4. The molecule has 0 bridgehead atoms. The van der Waals surface area contributed by atoms with Gasteiger partial charge in [-0.2, -0.15) is 0 Å². The van der Waals surface area contributed by atoms with Crippen LogP contribution in [0.1, 0.15) is 51.1 Å². The van der Waals surface area contributed by atoms with Gasteiger partial charge in [-0.1, -0.05) is 13.0 Å². The molecule has 2 unspecified atom stereocenters. The van der Waals surface area contributed by atoms with Crippen LogP contribution in [0.15, 0.2) is 18.2 Å². The number of rotatable bonds is 8. The lowest BCUT2D eigenvalue weighted by Crippen LogP contribution is -2.19. The van der Waals surface area contributed by atoms with Gasteiger partial charge in [0.2, 0.25) is 0 Å². The van der Waals surface area contributed by atoms with Crippen molar-refractivity contribution < 1.29 is 13.9 Å². The van der Waals surface area contributed by atoms with Crippen molar-refractivity contribution in [1.29, 1.82) is 0 Å². The molecule has 3 nitrogen and oxygen atoms in total. The van der Waals surface area contributed by atoms with Gasteiger partial charge in [0.1, 0.15) is 11.6 Å². The molecule has 1 saturated heterocycles. The van der Waals surface area contributed by atoms with Gasteiger partial charge in [-0.05, 0) is 45.2 Å². The van der Waals surface area contributed by atoms with Crippen LogP contribution in [0.2, 0.25) is 0 Å². The Hall–Kier alpha value is -1.13.